The minimum absolute atomic E-state index is 0.0127. The first-order valence-corrected chi connectivity index (χ1v) is 13.7. The molecule has 3 aromatic rings. The number of alkyl halides is 3. The molecule has 0 spiro atoms. The number of amides is 2. The van der Waals surface area contributed by atoms with Crippen molar-refractivity contribution in [1.29, 1.82) is 0 Å². The lowest BCUT2D eigenvalue weighted by molar-refractivity contribution is -0.137. The van der Waals surface area contributed by atoms with Crippen LogP contribution in [0.2, 0.25) is 5.02 Å². The molecule has 218 valence electrons. The van der Waals surface area contributed by atoms with Gasteiger partial charge in [-0.15, -0.1) is 0 Å². The maximum Gasteiger partial charge on any atom is 0.416 e. The summed E-state index contributed by atoms with van der Waals surface area (Å²) in [6, 6.07) is 16.0. The molecule has 0 radical (unpaired) electrons. The number of nitrogens with two attached hydrogens (primary N) is 1. The number of nitrogens with zero attached hydrogens (tertiary/aromatic N) is 2. The number of piperazine rings is 1. The van der Waals surface area contributed by atoms with Crippen molar-refractivity contribution in [2.45, 2.75) is 25.6 Å². The molecule has 1 saturated heterocycles. The van der Waals surface area contributed by atoms with Gasteiger partial charge in [0.15, 0.2) is 0 Å². The summed E-state index contributed by atoms with van der Waals surface area (Å²) in [7, 11) is 1.52. The summed E-state index contributed by atoms with van der Waals surface area (Å²) >= 11 is 6.12. The molecule has 1 aliphatic heterocycles. The predicted octanol–water partition coefficient (Wildman–Crippen LogP) is 5.46. The lowest BCUT2D eigenvalue weighted by Crippen LogP contribution is -2.55. The monoisotopic (exact) mass is 588 g/mol. The number of rotatable bonds is 8. The molecule has 2 amide bonds. The Balaban J connectivity index is 1.67. The molecule has 4 rings (SSSR count). The maximum absolute atomic E-state index is 13.5. The summed E-state index contributed by atoms with van der Waals surface area (Å²) in [5, 5.41) is 2.60. The highest BCUT2D eigenvalue weighted by Crippen LogP contribution is 2.40. The van der Waals surface area contributed by atoms with Crippen molar-refractivity contribution in [2.75, 3.05) is 44.7 Å². The molecule has 1 aliphatic rings. The third-order valence-electron chi connectivity index (χ3n) is 7.16. The smallest absolute Gasteiger partial charge is 0.416 e. The van der Waals surface area contributed by atoms with Crippen molar-refractivity contribution >= 4 is 29.1 Å². The minimum atomic E-state index is -4.56. The number of benzene rings is 3. The van der Waals surface area contributed by atoms with E-state index < -0.39 is 17.6 Å². The van der Waals surface area contributed by atoms with E-state index in [0.717, 1.165) is 29.3 Å². The van der Waals surface area contributed by atoms with E-state index in [1.807, 2.05) is 49.4 Å². The van der Waals surface area contributed by atoms with E-state index in [9.17, 15) is 22.8 Å². The first-order chi connectivity index (χ1) is 19.6. The SMILES string of the molecule is CC[C@@H]1CN(C(=O)c2ccc(C(F)(F)F)cc2Cl)CCN1c1ccc(-c2ccccc2)c(OC)c1C(=O)NCCN. The third-order valence-corrected chi connectivity index (χ3v) is 7.47. The number of methoxy groups -OCH3 is 1. The Labute approximate surface area is 242 Å². The minimum Gasteiger partial charge on any atom is -0.495 e. The second-order valence-corrected chi connectivity index (χ2v) is 10.1. The van der Waals surface area contributed by atoms with Gasteiger partial charge in [0.05, 0.1) is 28.9 Å². The highest BCUT2D eigenvalue weighted by Gasteiger charge is 2.35. The second kappa shape index (κ2) is 12.8. The average Bonchev–Trinajstić information content (AvgIpc) is 2.98. The Morgan fingerprint density at radius 3 is 2.44 bits per heavy atom. The number of nitrogens with one attached hydrogen (secondary N) is 1. The van der Waals surface area contributed by atoms with Crippen molar-refractivity contribution in [2.24, 2.45) is 5.73 Å². The van der Waals surface area contributed by atoms with Crippen molar-refractivity contribution in [3.8, 4) is 16.9 Å². The molecule has 11 heteroatoms. The largest absolute Gasteiger partial charge is 0.495 e. The van der Waals surface area contributed by atoms with Gasteiger partial charge in [0.2, 0.25) is 0 Å². The van der Waals surface area contributed by atoms with E-state index in [4.69, 9.17) is 22.1 Å². The van der Waals surface area contributed by atoms with Gasteiger partial charge in [-0.1, -0.05) is 48.9 Å². The van der Waals surface area contributed by atoms with Crippen LogP contribution in [0.25, 0.3) is 11.1 Å². The van der Waals surface area contributed by atoms with Crippen molar-refractivity contribution in [3.63, 3.8) is 0 Å². The van der Waals surface area contributed by atoms with E-state index >= 15 is 0 Å². The summed E-state index contributed by atoms with van der Waals surface area (Å²) < 4.78 is 45.1. The lowest BCUT2D eigenvalue weighted by atomic mass is 9.97. The highest BCUT2D eigenvalue weighted by atomic mass is 35.5. The number of carbonyl (C=O) groups excluding carboxylic acids is 2. The zero-order chi connectivity index (χ0) is 29.7. The van der Waals surface area contributed by atoms with E-state index in [1.54, 1.807) is 4.90 Å². The highest BCUT2D eigenvalue weighted by molar-refractivity contribution is 6.33. The van der Waals surface area contributed by atoms with Gasteiger partial charge in [0.1, 0.15) is 11.3 Å². The van der Waals surface area contributed by atoms with Crippen LogP contribution in [0.3, 0.4) is 0 Å². The average molecular weight is 589 g/mol. The molecule has 1 atom stereocenters. The molecule has 0 saturated carbocycles. The molecule has 7 nitrogen and oxygen atoms in total. The Morgan fingerprint density at radius 2 is 1.83 bits per heavy atom. The Morgan fingerprint density at radius 1 is 1.10 bits per heavy atom. The zero-order valence-electron chi connectivity index (χ0n) is 22.8. The van der Waals surface area contributed by atoms with Gasteiger partial charge in [-0.3, -0.25) is 9.59 Å². The standard InChI is InChI=1S/C30H32ClF3N4O3/c1-3-21-18-37(29(40)23-10-9-20(17-24(23)31)30(32,33)34)15-16-38(21)25-12-11-22(19-7-5-4-6-8-19)27(41-2)26(25)28(39)36-14-13-35/h4-12,17,21H,3,13-16,18,35H2,1-2H3,(H,36,39)/t21-/m1/s1. The number of ether oxygens (including phenoxy) is 1. The molecule has 0 unspecified atom stereocenters. The van der Waals surface area contributed by atoms with E-state index in [1.165, 1.54) is 7.11 Å². The number of halogens is 4. The van der Waals surface area contributed by atoms with Crippen LogP contribution < -0.4 is 20.7 Å². The van der Waals surface area contributed by atoms with Gasteiger partial charge in [-0.25, -0.2) is 0 Å². The summed E-state index contributed by atoms with van der Waals surface area (Å²) in [6.07, 6.45) is -3.92. The zero-order valence-corrected chi connectivity index (χ0v) is 23.6. The van der Waals surface area contributed by atoms with Crippen molar-refractivity contribution in [3.05, 3.63) is 82.4 Å². The van der Waals surface area contributed by atoms with Crippen LogP contribution >= 0.6 is 11.6 Å². The maximum atomic E-state index is 13.5. The fraction of sp³-hybridized carbons (Fsp3) is 0.333. The third kappa shape index (κ3) is 6.44. The lowest BCUT2D eigenvalue weighted by Gasteiger charge is -2.43. The van der Waals surface area contributed by atoms with Crippen LogP contribution in [0.1, 0.15) is 39.6 Å². The van der Waals surface area contributed by atoms with E-state index in [2.05, 4.69) is 10.2 Å². The summed E-state index contributed by atoms with van der Waals surface area (Å²) in [4.78, 5) is 30.5. The Bertz CT molecular complexity index is 1400. The van der Waals surface area contributed by atoms with Crippen LogP contribution in [0, 0.1) is 0 Å². The first-order valence-electron chi connectivity index (χ1n) is 13.3. The number of hydrogen-bond donors (Lipinski definition) is 2. The Hall–Kier alpha value is -3.76. The number of hydrogen-bond acceptors (Lipinski definition) is 5. The van der Waals surface area contributed by atoms with Gasteiger partial charge in [0, 0.05) is 44.3 Å². The molecule has 0 aliphatic carbocycles. The fourth-order valence-corrected chi connectivity index (χ4v) is 5.37. The van der Waals surface area contributed by atoms with Crippen LogP contribution in [0.4, 0.5) is 18.9 Å². The Kier molecular flexibility index (Phi) is 9.45. The van der Waals surface area contributed by atoms with Gasteiger partial charge >= 0.3 is 6.18 Å². The topological polar surface area (TPSA) is 87.9 Å². The molecule has 1 fully saturated rings. The van der Waals surface area contributed by atoms with E-state index in [0.29, 0.717) is 36.5 Å². The van der Waals surface area contributed by atoms with Crippen LogP contribution in [0.5, 0.6) is 5.75 Å². The molecule has 3 N–H and O–H groups in total. The molecule has 0 aromatic heterocycles. The molecule has 1 heterocycles. The molecule has 0 bridgehead atoms. The van der Waals surface area contributed by atoms with Crippen molar-refractivity contribution < 1.29 is 27.5 Å². The summed E-state index contributed by atoms with van der Waals surface area (Å²) in [6.45, 7) is 3.48. The van der Waals surface area contributed by atoms with Crippen LogP contribution in [0.15, 0.2) is 60.7 Å². The normalized spacial score (nSPS) is 15.5. The van der Waals surface area contributed by atoms with Gasteiger partial charge in [-0.2, -0.15) is 13.2 Å². The first kappa shape index (κ1) is 30.2. The van der Waals surface area contributed by atoms with Crippen molar-refractivity contribution in [1.82, 2.24) is 10.2 Å². The molecular weight excluding hydrogens is 557 g/mol. The number of anilines is 1. The quantitative estimate of drug-likeness (QED) is 0.365. The second-order valence-electron chi connectivity index (χ2n) is 9.65. The van der Waals surface area contributed by atoms with Crippen LogP contribution in [-0.4, -0.2) is 62.6 Å². The predicted molar refractivity (Wildman–Crippen MR) is 154 cm³/mol. The van der Waals surface area contributed by atoms with Crippen LogP contribution in [-0.2, 0) is 6.18 Å². The van der Waals surface area contributed by atoms with Gasteiger partial charge < -0.3 is 25.6 Å². The summed E-state index contributed by atoms with van der Waals surface area (Å²) in [5.41, 5.74) is 7.41. The van der Waals surface area contributed by atoms with Gasteiger partial charge in [-0.05, 0) is 42.3 Å². The molecular formula is C30H32ClF3N4O3. The molecule has 41 heavy (non-hydrogen) atoms. The van der Waals surface area contributed by atoms with Gasteiger partial charge in [0.25, 0.3) is 11.8 Å². The fourth-order valence-electron chi connectivity index (χ4n) is 5.10. The number of carbonyl (C=O) groups is 2. The summed E-state index contributed by atoms with van der Waals surface area (Å²) in [5.74, 6) is -0.349. The van der Waals surface area contributed by atoms with E-state index in [-0.39, 0.29) is 42.2 Å². The molecule has 3 aromatic carbocycles.